The standard InChI is InChI=1S/C16H20F3NO3/c1-11(2)13(15(22)20-10-16(17,18)19)8-14(21)23-9-12-6-4-3-5-7-12/h3-7,11,13H,8-10H2,1-2H3,(H,20,22)/t13-/m1/s1. The highest BCUT2D eigenvalue weighted by Gasteiger charge is 2.31. The number of amides is 1. The fraction of sp³-hybridized carbons (Fsp3) is 0.500. The lowest BCUT2D eigenvalue weighted by atomic mass is 9.91. The van der Waals surface area contributed by atoms with Gasteiger partial charge in [0.2, 0.25) is 5.91 Å². The molecule has 0 aromatic heterocycles. The molecule has 1 aromatic carbocycles. The number of hydrogen-bond acceptors (Lipinski definition) is 3. The highest BCUT2D eigenvalue weighted by atomic mass is 19.4. The molecule has 0 spiro atoms. The van der Waals surface area contributed by atoms with E-state index in [1.807, 2.05) is 11.4 Å². The summed E-state index contributed by atoms with van der Waals surface area (Å²) in [6.45, 7) is 1.99. The van der Waals surface area contributed by atoms with Crippen molar-refractivity contribution in [1.29, 1.82) is 0 Å². The van der Waals surface area contributed by atoms with Gasteiger partial charge in [0.15, 0.2) is 0 Å². The van der Waals surface area contributed by atoms with Gasteiger partial charge >= 0.3 is 12.1 Å². The predicted molar refractivity (Wildman–Crippen MR) is 78.2 cm³/mol. The largest absolute Gasteiger partial charge is 0.461 e. The molecule has 0 bridgehead atoms. The van der Waals surface area contributed by atoms with Crippen molar-refractivity contribution in [2.45, 2.75) is 33.1 Å². The molecule has 7 heteroatoms. The number of nitrogens with one attached hydrogen (secondary N) is 1. The maximum absolute atomic E-state index is 12.1. The Hall–Kier alpha value is -2.05. The van der Waals surface area contributed by atoms with E-state index in [0.29, 0.717) is 0 Å². The second kappa shape index (κ2) is 8.55. The average Bonchev–Trinajstić information content (AvgIpc) is 2.48. The van der Waals surface area contributed by atoms with Gasteiger partial charge in [0.1, 0.15) is 13.2 Å². The number of hydrogen-bond donors (Lipinski definition) is 1. The van der Waals surface area contributed by atoms with E-state index in [0.717, 1.165) is 5.56 Å². The Kier molecular flexibility index (Phi) is 7.06. The molecule has 1 aromatic rings. The lowest BCUT2D eigenvalue weighted by Crippen LogP contribution is -2.40. The number of carbonyl (C=O) groups excluding carboxylic acids is 2. The van der Waals surface area contributed by atoms with Crippen LogP contribution >= 0.6 is 0 Å². The summed E-state index contributed by atoms with van der Waals surface area (Å²) in [5.74, 6) is -2.56. The van der Waals surface area contributed by atoms with Gasteiger partial charge in [-0.3, -0.25) is 9.59 Å². The molecule has 4 nitrogen and oxygen atoms in total. The molecule has 0 aliphatic rings. The van der Waals surface area contributed by atoms with Crippen LogP contribution in [0.1, 0.15) is 25.8 Å². The molecule has 0 fully saturated rings. The molecular weight excluding hydrogens is 311 g/mol. The molecule has 0 saturated carbocycles. The maximum Gasteiger partial charge on any atom is 0.405 e. The first kappa shape index (κ1) is 19.0. The van der Waals surface area contributed by atoms with Crippen molar-refractivity contribution < 1.29 is 27.5 Å². The lowest BCUT2D eigenvalue weighted by molar-refractivity contribution is -0.150. The Balaban J connectivity index is 2.51. The zero-order valence-corrected chi connectivity index (χ0v) is 13.0. The molecule has 0 aliphatic carbocycles. The first-order chi connectivity index (χ1) is 10.7. The zero-order valence-electron chi connectivity index (χ0n) is 13.0. The molecule has 23 heavy (non-hydrogen) atoms. The Morgan fingerprint density at radius 3 is 2.30 bits per heavy atom. The fourth-order valence-corrected chi connectivity index (χ4v) is 1.93. The summed E-state index contributed by atoms with van der Waals surface area (Å²) in [4.78, 5) is 23.6. The van der Waals surface area contributed by atoms with E-state index in [1.54, 1.807) is 38.1 Å². The third-order valence-corrected chi connectivity index (χ3v) is 3.23. The van der Waals surface area contributed by atoms with Crippen LogP contribution in [0.25, 0.3) is 0 Å². The monoisotopic (exact) mass is 331 g/mol. The first-order valence-corrected chi connectivity index (χ1v) is 7.23. The summed E-state index contributed by atoms with van der Waals surface area (Å²) in [5, 5.41) is 1.81. The average molecular weight is 331 g/mol. The minimum Gasteiger partial charge on any atom is -0.461 e. The predicted octanol–water partition coefficient (Wildman–Crippen LogP) is 3.07. The Bertz CT molecular complexity index is 515. The second-order valence-electron chi connectivity index (χ2n) is 5.53. The smallest absolute Gasteiger partial charge is 0.405 e. The van der Waals surface area contributed by atoms with Crippen LogP contribution in [-0.2, 0) is 20.9 Å². The van der Waals surface area contributed by atoms with E-state index in [-0.39, 0.29) is 18.9 Å². The molecule has 1 atom stereocenters. The third-order valence-electron chi connectivity index (χ3n) is 3.23. The van der Waals surface area contributed by atoms with Gasteiger partial charge in [-0.05, 0) is 11.5 Å². The third kappa shape index (κ3) is 7.67. The maximum atomic E-state index is 12.1. The highest BCUT2D eigenvalue weighted by molar-refractivity contribution is 5.84. The molecule has 0 saturated heterocycles. The normalized spacial score (nSPS) is 12.8. The second-order valence-corrected chi connectivity index (χ2v) is 5.53. The number of alkyl halides is 3. The van der Waals surface area contributed by atoms with Crippen LogP contribution < -0.4 is 5.32 Å². The lowest BCUT2D eigenvalue weighted by Gasteiger charge is -2.20. The van der Waals surface area contributed by atoms with Gasteiger partial charge in [-0.15, -0.1) is 0 Å². The molecule has 128 valence electrons. The van der Waals surface area contributed by atoms with Gasteiger partial charge in [0.05, 0.1) is 12.3 Å². The Morgan fingerprint density at radius 1 is 1.17 bits per heavy atom. The number of carbonyl (C=O) groups is 2. The molecular formula is C16H20F3NO3. The number of benzene rings is 1. The van der Waals surface area contributed by atoms with Crippen LogP contribution in [-0.4, -0.2) is 24.6 Å². The van der Waals surface area contributed by atoms with Crippen LogP contribution in [0.4, 0.5) is 13.2 Å². The first-order valence-electron chi connectivity index (χ1n) is 7.23. The summed E-state index contributed by atoms with van der Waals surface area (Å²) in [6.07, 6.45) is -4.74. The van der Waals surface area contributed by atoms with Gasteiger partial charge in [-0.2, -0.15) is 13.2 Å². The topological polar surface area (TPSA) is 55.4 Å². The van der Waals surface area contributed by atoms with E-state index in [2.05, 4.69) is 0 Å². The fourth-order valence-electron chi connectivity index (χ4n) is 1.93. The van der Waals surface area contributed by atoms with Crippen LogP contribution in [0, 0.1) is 11.8 Å². The van der Waals surface area contributed by atoms with Crippen molar-refractivity contribution in [2.24, 2.45) is 11.8 Å². The number of rotatable bonds is 7. The van der Waals surface area contributed by atoms with Crippen LogP contribution in [0.15, 0.2) is 30.3 Å². The number of ether oxygens (including phenoxy) is 1. The summed E-state index contributed by atoms with van der Waals surface area (Å²) in [6, 6.07) is 8.98. The molecule has 0 unspecified atom stereocenters. The van der Waals surface area contributed by atoms with Crippen molar-refractivity contribution in [3.8, 4) is 0 Å². The zero-order chi connectivity index (χ0) is 17.5. The van der Waals surface area contributed by atoms with Gasteiger partial charge in [-0.25, -0.2) is 0 Å². The van der Waals surface area contributed by atoms with E-state index in [1.165, 1.54) is 0 Å². The van der Waals surface area contributed by atoms with Crippen LogP contribution in [0.3, 0.4) is 0 Å². The molecule has 1 amide bonds. The molecule has 0 radical (unpaired) electrons. The SMILES string of the molecule is CC(C)[C@@H](CC(=O)OCc1ccccc1)C(=O)NCC(F)(F)F. The van der Waals surface area contributed by atoms with Crippen LogP contribution in [0.2, 0.25) is 0 Å². The van der Waals surface area contributed by atoms with E-state index < -0.39 is 30.5 Å². The van der Waals surface area contributed by atoms with Gasteiger partial charge in [0, 0.05) is 0 Å². The van der Waals surface area contributed by atoms with Crippen molar-refractivity contribution in [3.63, 3.8) is 0 Å². The van der Waals surface area contributed by atoms with Crippen molar-refractivity contribution in [3.05, 3.63) is 35.9 Å². The van der Waals surface area contributed by atoms with Gasteiger partial charge in [0.25, 0.3) is 0 Å². The summed E-state index contributed by atoms with van der Waals surface area (Å²) < 4.78 is 41.5. The van der Waals surface area contributed by atoms with Gasteiger partial charge in [-0.1, -0.05) is 44.2 Å². The van der Waals surface area contributed by atoms with E-state index in [9.17, 15) is 22.8 Å². The highest BCUT2D eigenvalue weighted by Crippen LogP contribution is 2.18. The Morgan fingerprint density at radius 2 is 1.78 bits per heavy atom. The van der Waals surface area contributed by atoms with Crippen molar-refractivity contribution in [2.75, 3.05) is 6.54 Å². The molecule has 0 aliphatic heterocycles. The quantitative estimate of drug-likeness (QED) is 0.781. The summed E-state index contributed by atoms with van der Waals surface area (Å²) >= 11 is 0. The van der Waals surface area contributed by atoms with Gasteiger partial charge < -0.3 is 10.1 Å². The summed E-state index contributed by atoms with van der Waals surface area (Å²) in [5.41, 5.74) is 0.795. The Labute approximate surface area is 133 Å². The molecule has 1 N–H and O–H groups in total. The summed E-state index contributed by atoms with van der Waals surface area (Å²) in [7, 11) is 0. The minimum atomic E-state index is -4.48. The van der Waals surface area contributed by atoms with E-state index >= 15 is 0 Å². The minimum absolute atomic E-state index is 0.0641. The number of esters is 1. The van der Waals surface area contributed by atoms with Crippen molar-refractivity contribution >= 4 is 11.9 Å². The number of halogens is 3. The molecule has 0 heterocycles. The molecule has 1 rings (SSSR count). The van der Waals surface area contributed by atoms with E-state index in [4.69, 9.17) is 4.74 Å². The van der Waals surface area contributed by atoms with Crippen molar-refractivity contribution in [1.82, 2.24) is 5.32 Å². The van der Waals surface area contributed by atoms with Crippen LogP contribution in [0.5, 0.6) is 0 Å².